The van der Waals surface area contributed by atoms with Crippen LogP contribution in [-0.4, -0.2) is 16.9 Å². The zero-order chi connectivity index (χ0) is 9.10. The molecule has 0 amide bonds. The predicted octanol–water partition coefficient (Wildman–Crippen LogP) is 2.15. The average molecular weight is 228 g/mol. The van der Waals surface area contributed by atoms with Crippen LogP contribution in [0.2, 0.25) is 0 Å². The quantitative estimate of drug-likeness (QED) is 0.656. The minimum absolute atomic E-state index is 1.24. The Bertz CT molecular complexity index is 376. The molecule has 2 aromatic carbocycles. The van der Waals surface area contributed by atoms with Crippen LogP contribution in [0.4, 0.5) is 0 Å². The Kier molecular flexibility index (Phi) is 2.51. The second-order valence-electron chi connectivity index (χ2n) is 2.91. The fourth-order valence-electron chi connectivity index (χ4n) is 1.28. The van der Waals surface area contributed by atoms with E-state index in [9.17, 15) is 0 Å². The van der Waals surface area contributed by atoms with Gasteiger partial charge in [-0.05, 0) is 0 Å². The van der Waals surface area contributed by atoms with Crippen molar-refractivity contribution in [1.29, 1.82) is 0 Å². The van der Waals surface area contributed by atoms with Crippen LogP contribution in [0.15, 0.2) is 54.6 Å². The van der Waals surface area contributed by atoms with E-state index in [2.05, 4.69) is 65.4 Å². The van der Waals surface area contributed by atoms with Crippen molar-refractivity contribution in [2.45, 2.75) is 0 Å². The second-order valence-corrected chi connectivity index (χ2v) is 4.00. The van der Waals surface area contributed by atoms with Crippen molar-refractivity contribution in [1.82, 2.24) is 0 Å². The van der Waals surface area contributed by atoms with Crippen LogP contribution in [0.5, 0.6) is 0 Å². The van der Waals surface area contributed by atoms with E-state index in [0.29, 0.717) is 0 Å². The molecule has 13 heavy (non-hydrogen) atoms. The molecule has 0 atom stereocenters. The standard InChI is InChI=1S/C12H9As/c13-12-8-6-11(7-9-12)10-4-2-1-3-5-10/h1-9H. The van der Waals surface area contributed by atoms with Crippen LogP contribution in [0, 0.1) is 0 Å². The first-order chi connectivity index (χ1) is 6.36. The van der Waals surface area contributed by atoms with Crippen molar-refractivity contribution >= 4 is 21.2 Å². The van der Waals surface area contributed by atoms with Crippen molar-refractivity contribution in [3.63, 3.8) is 0 Å². The van der Waals surface area contributed by atoms with Gasteiger partial charge in [-0.3, -0.25) is 0 Å². The van der Waals surface area contributed by atoms with Gasteiger partial charge in [0, 0.05) is 0 Å². The molecule has 1 heteroatoms. The summed E-state index contributed by atoms with van der Waals surface area (Å²) in [4.78, 5) is 0. The molecule has 62 valence electrons. The third-order valence-corrected chi connectivity index (χ3v) is 2.60. The van der Waals surface area contributed by atoms with Gasteiger partial charge in [-0.15, -0.1) is 0 Å². The number of benzene rings is 2. The predicted molar refractivity (Wildman–Crippen MR) is 57.3 cm³/mol. The van der Waals surface area contributed by atoms with Gasteiger partial charge >= 0.3 is 86.9 Å². The van der Waals surface area contributed by atoms with Gasteiger partial charge in [-0.2, -0.15) is 0 Å². The van der Waals surface area contributed by atoms with Gasteiger partial charge in [0.15, 0.2) is 0 Å². The molecule has 0 saturated heterocycles. The van der Waals surface area contributed by atoms with Crippen molar-refractivity contribution in [3.8, 4) is 11.1 Å². The topological polar surface area (TPSA) is 0 Å². The molecule has 0 aliphatic heterocycles. The van der Waals surface area contributed by atoms with Crippen LogP contribution < -0.4 is 4.35 Å². The van der Waals surface area contributed by atoms with E-state index < -0.39 is 0 Å². The molecule has 0 aliphatic rings. The Morgan fingerprint density at radius 3 is 1.77 bits per heavy atom. The van der Waals surface area contributed by atoms with E-state index >= 15 is 0 Å². The van der Waals surface area contributed by atoms with E-state index in [0.717, 1.165) is 0 Å². The zero-order valence-electron chi connectivity index (χ0n) is 7.14. The van der Waals surface area contributed by atoms with Crippen molar-refractivity contribution in [2.24, 2.45) is 0 Å². The van der Waals surface area contributed by atoms with E-state index in [1.807, 2.05) is 6.07 Å². The van der Waals surface area contributed by atoms with E-state index in [4.69, 9.17) is 0 Å². The van der Waals surface area contributed by atoms with Gasteiger partial charge < -0.3 is 0 Å². The SMILES string of the molecule is [As]c1ccc(-c2ccccc2)cc1. The summed E-state index contributed by atoms with van der Waals surface area (Å²) in [6, 6.07) is 18.9. The summed E-state index contributed by atoms with van der Waals surface area (Å²) in [5.74, 6) is 0. The van der Waals surface area contributed by atoms with Crippen molar-refractivity contribution in [2.75, 3.05) is 0 Å². The molecule has 0 bridgehead atoms. The fraction of sp³-hybridized carbons (Fsp3) is 0. The monoisotopic (exact) mass is 228 g/mol. The summed E-state index contributed by atoms with van der Waals surface area (Å²) in [5.41, 5.74) is 2.55. The van der Waals surface area contributed by atoms with E-state index in [-0.39, 0.29) is 0 Å². The Balaban J connectivity index is 2.42. The van der Waals surface area contributed by atoms with Gasteiger partial charge in [0.2, 0.25) is 0 Å². The van der Waals surface area contributed by atoms with Crippen LogP contribution in [-0.2, 0) is 0 Å². The van der Waals surface area contributed by atoms with E-state index in [1.165, 1.54) is 15.5 Å². The first kappa shape index (κ1) is 8.59. The van der Waals surface area contributed by atoms with E-state index in [1.54, 1.807) is 0 Å². The number of hydrogen-bond donors (Lipinski definition) is 0. The van der Waals surface area contributed by atoms with Gasteiger partial charge in [-0.25, -0.2) is 0 Å². The maximum atomic E-state index is 2.54. The molecular weight excluding hydrogens is 219 g/mol. The average Bonchev–Trinajstić information content (AvgIpc) is 2.20. The number of rotatable bonds is 1. The molecule has 2 rings (SSSR count). The minimum atomic E-state index is 1.24. The van der Waals surface area contributed by atoms with Crippen LogP contribution >= 0.6 is 0 Å². The maximum absolute atomic E-state index is 2.54. The van der Waals surface area contributed by atoms with Gasteiger partial charge in [0.05, 0.1) is 0 Å². The van der Waals surface area contributed by atoms with Crippen LogP contribution in [0.3, 0.4) is 0 Å². The Morgan fingerprint density at radius 2 is 1.15 bits per heavy atom. The molecule has 0 N–H and O–H groups in total. The molecule has 0 fully saturated rings. The normalized spacial score (nSPS) is 9.92. The fourth-order valence-corrected chi connectivity index (χ4v) is 1.60. The molecule has 0 aromatic heterocycles. The summed E-state index contributed by atoms with van der Waals surface area (Å²) >= 11 is 2.54. The summed E-state index contributed by atoms with van der Waals surface area (Å²) < 4.78 is 1.24. The molecule has 2 aromatic rings. The van der Waals surface area contributed by atoms with Crippen LogP contribution in [0.1, 0.15) is 0 Å². The van der Waals surface area contributed by atoms with Crippen LogP contribution in [0.25, 0.3) is 11.1 Å². The van der Waals surface area contributed by atoms with Gasteiger partial charge in [-0.1, -0.05) is 0 Å². The first-order valence-corrected chi connectivity index (χ1v) is 5.14. The second kappa shape index (κ2) is 3.81. The Labute approximate surface area is 87.1 Å². The van der Waals surface area contributed by atoms with Gasteiger partial charge in [0.25, 0.3) is 0 Å². The molecule has 0 aliphatic carbocycles. The Morgan fingerprint density at radius 1 is 0.615 bits per heavy atom. The first-order valence-electron chi connectivity index (χ1n) is 4.21. The molecule has 0 spiro atoms. The van der Waals surface area contributed by atoms with Crippen molar-refractivity contribution < 1.29 is 0 Å². The molecule has 0 heterocycles. The molecule has 0 saturated carbocycles. The summed E-state index contributed by atoms with van der Waals surface area (Å²) in [5, 5.41) is 0. The molecular formula is C12H9As. The summed E-state index contributed by atoms with van der Waals surface area (Å²) in [7, 11) is 0. The Hall–Kier alpha value is -1.00. The molecule has 2 radical (unpaired) electrons. The third kappa shape index (κ3) is 2.02. The molecule has 0 unspecified atom stereocenters. The molecule has 0 nitrogen and oxygen atoms in total. The summed E-state index contributed by atoms with van der Waals surface area (Å²) in [6.45, 7) is 0. The zero-order valence-corrected chi connectivity index (χ0v) is 9.02. The van der Waals surface area contributed by atoms with Crippen molar-refractivity contribution in [3.05, 3.63) is 54.6 Å². The van der Waals surface area contributed by atoms with Gasteiger partial charge in [0.1, 0.15) is 0 Å². The third-order valence-electron chi connectivity index (χ3n) is 1.97. The summed E-state index contributed by atoms with van der Waals surface area (Å²) in [6.07, 6.45) is 0. The number of hydrogen-bond acceptors (Lipinski definition) is 0.